The van der Waals surface area contributed by atoms with Gasteiger partial charge in [-0.25, -0.2) is 14.6 Å². The summed E-state index contributed by atoms with van der Waals surface area (Å²) in [6, 6.07) is 25.2. The number of carbonyl (C=O) groups excluding carboxylic acids is 4. The highest BCUT2D eigenvalue weighted by Gasteiger charge is 2.43. The van der Waals surface area contributed by atoms with Crippen LogP contribution in [0.5, 0.6) is 11.5 Å². The summed E-state index contributed by atoms with van der Waals surface area (Å²) in [7, 11) is 0. The fourth-order valence-corrected chi connectivity index (χ4v) is 5.64. The van der Waals surface area contributed by atoms with Crippen molar-refractivity contribution >= 4 is 69.5 Å². The predicted molar refractivity (Wildman–Crippen MR) is 182 cm³/mol. The van der Waals surface area contributed by atoms with E-state index in [1.165, 1.54) is 6.08 Å². The minimum atomic E-state index is -0.771. The van der Waals surface area contributed by atoms with E-state index >= 15 is 0 Å². The van der Waals surface area contributed by atoms with Gasteiger partial charge in [-0.15, -0.1) is 0 Å². The number of halogens is 1. The number of benzene rings is 4. The van der Waals surface area contributed by atoms with Gasteiger partial charge in [-0.2, -0.15) is 0 Å². The Kier molecular flexibility index (Phi) is 9.62. The van der Waals surface area contributed by atoms with Crippen molar-refractivity contribution in [1.29, 1.82) is 0 Å². The Morgan fingerprint density at radius 2 is 1.42 bits per heavy atom. The third-order valence-corrected chi connectivity index (χ3v) is 7.73. The summed E-state index contributed by atoms with van der Waals surface area (Å²) in [5.41, 5.74) is 3.67. The first kappa shape index (κ1) is 31.5. The van der Waals surface area contributed by atoms with E-state index in [2.05, 4.69) is 27.9 Å². The minimum Gasteiger partial charge on any atom is -0.490 e. The number of imide groups is 2. The van der Waals surface area contributed by atoms with Crippen molar-refractivity contribution in [3.8, 4) is 11.5 Å². The lowest BCUT2D eigenvalue weighted by Crippen LogP contribution is -2.57. The summed E-state index contributed by atoms with van der Waals surface area (Å²) in [4.78, 5) is 55.8. The van der Waals surface area contributed by atoms with Crippen LogP contribution in [0.3, 0.4) is 0 Å². The largest absolute Gasteiger partial charge is 0.490 e. The quantitative estimate of drug-likeness (QED) is 0.115. The molecule has 1 heterocycles. The molecule has 45 heavy (non-hydrogen) atoms. The molecule has 1 aliphatic heterocycles. The molecule has 4 aromatic carbocycles. The molecule has 4 aromatic rings. The summed E-state index contributed by atoms with van der Waals surface area (Å²) >= 11 is 2.05. The van der Waals surface area contributed by atoms with Gasteiger partial charge >= 0.3 is 6.03 Å². The van der Waals surface area contributed by atoms with E-state index in [-0.39, 0.29) is 18.1 Å². The average molecular weight is 716 g/mol. The molecular weight excluding hydrogens is 685 g/mol. The molecule has 1 aliphatic rings. The molecule has 0 aromatic heterocycles. The number of ether oxygens (including phenoxy) is 2. The number of nitrogens with zero attached hydrogens (tertiary/aromatic N) is 2. The van der Waals surface area contributed by atoms with Crippen LogP contribution in [0.15, 0.2) is 96.6 Å². The Morgan fingerprint density at radius 3 is 1.98 bits per heavy atom. The monoisotopic (exact) mass is 715 g/mol. The Labute approximate surface area is 274 Å². The SMILES string of the molecule is CCOc1cc(C=C2C(=O)N(c3ccccc3)C(=O)N(c3ccccc3)C2=O)cc(I)c1OCC(=O)Nc1ccc(C)cc1C. The second kappa shape index (κ2) is 13.8. The van der Waals surface area contributed by atoms with E-state index in [0.29, 0.717) is 44.3 Å². The smallest absolute Gasteiger partial charge is 0.343 e. The van der Waals surface area contributed by atoms with Crippen LogP contribution in [0, 0.1) is 17.4 Å². The molecule has 0 atom stereocenters. The van der Waals surface area contributed by atoms with Crippen LogP contribution in [-0.2, 0) is 14.4 Å². The van der Waals surface area contributed by atoms with Gasteiger partial charge in [-0.1, -0.05) is 54.1 Å². The number of amides is 5. The molecule has 5 rings (SSSR count). The number of aryl methyl sites for hydroxylation is 2. The fraction of sp³-hybridized carbons (Fsp3) is 0.143. The van der Waals surface area contributed by atoms with Crippen LogP contribution < -0.4 is 24.6 Å². The van der Waals surface area contributed by atoms with Gasteiger partial charge in [0.2, 0.25) is 0 Å². The highest BCUT2D eigenvalue weighted by Crippen LogP contribution is 2.36. The molecule has 0 saturated carbocycles. The molecule has 0 bridgehead atoms. The van der Waals surface area contributed by atoms with Crippen LogP contribution in [0.25, 0.3) is 6.08 Å². The predicted octanol–water partition coefficient (Wildman–Crippen LogP) is 6.91. The van der Waals surface area contributed by atoms with E-state index < -0.39 is 17.8 Å². The fourth-order valence-electron chi connectivity index (χ4n) is 4.86. The lowest BCUT2D eigenvalue weighted by molar-refractivity contribution is -0.121. The van der Waals surface area contributed by atoms with Crippen molar-refractivity contribution in [3.05, 3.63) is 117 Å². The number of hydrogen-bond donors (Lipinski definition) is 1. The summed E-state index contributed by atoms with van der Waals surface area (Å²) in [5.74, 6) is -1.15. The van der Waals surface area contributed by atoms with Crippen LogP contribution in [0.1, 0.15) is 23.6 Å². The first-order valence-electron chi connectivity index (χ1n) is 14.2. The van der Waals surface area contributed by atoms with Crippen molar-refractivity contribution in [2.24, 2.45) is 0 Å². The van der Waals surface area contributed by atoms with Crippen LogP contribution >= 0.6 is 22.6 Å². The first-order chi connectivity index (χ1) is 21.7. The molecule has 0 radical (unpaired) electrons. The zero-order chi connectivity index (χ0) is 32.1. The number of nitrogens with one attached hydrogen (secondary N) is 1. The zero-order valence-electron chi connectivity index (χ0n) is 24.9. The number of urea groups is 1. The standard InChI is InChI=1S/C35H30IN3O6/c1-4-44-30-20-24(19-28(36)32(30)45-21-31(40)37-29-16-15-22(2)17-23(29)3)18-27-33(41)38(25-11-7-5-8-12-25)35(43)39(34(27)42)26-13-9-6-10-14-26/h5-20H,4,21H2,1-3H3,(H,37,40). The number of rotatable bonds is 9. The Bertz CT molecular complexity index is 1740. The van der Waals surface area contributed by atoms with Crippen molar-refractivity contribution in [1.82, 2.24) is 0 Å². The maximum absolute atomic E-state index is 13.7. The maximum atomic E-state index is 13.7. The second-order valence-corrected chi connectivity index (χ2v) is 11.4. The van der Waals surface area contributed by atoms with Gasteiger partial charge in [0.1, 0.15) is 5.57 Å². The first-order valence-corrected chi connectivity index (χ1v) is 15.3. The molecule has 1 fully saturated rings. The zero-order valence-corrected chi connectivity index (χ0v) is 27.0. The van der Waals surface area contributed by atoms with Gasteiger partial charge in [0.15, 0.2) is 18.1 Å². The molecule has 10 heteroatoms. The van der Waals surface area contributed by atoms with Crippen LogP contribution in [-0.4, -0.2) is 37.0 Å². The molecule has 1 N–H and O–H groups in total. The molecule has 0 aliphatic carbocycles. The Balaban J connectivity index is 1.47. The molecule has 0 spiro atoms. The lowest BCUT2D eigenvalue weighted by Gasteiger charge is -2.34. The number of anilines is 3. The summed E-state index contributed by atoms with van der Waals surface area (Å²) in [6.45, 7) is 5.75. The molecule has 5 amide bonds. The van der Waals surface area contributed by atoms with Gasteiger partial charge in [0, 0.05) is 5.69 Å². The van der Waals surface area contributed by atoms with Gasteiger partial charge < -0.3 is 14.8 Å². The van der Waals surface area contributed by atoms with Crippen molar-refractivity contribution in [3.63, 3.8) is 0 Å². The van der Waals surface area contributed by atoms with Gasteiger partial charge in [-0.05, 0) is 103 Å². The van der Waals surface area contributed by atoms with Gasteiger partial charge in [0.05, 0.1) is 21.6 Å². The van der Waals surface area contributed by atoms with Crippen molar-refractivity contribution in [2.45, 2.75) is 20.8 Å². The highest BCUT2D eigenvalue weighted by atomic mass is 127. The van der Waals surface area contributed by atoms with Crippen LogP contribution in [0.2, 0.25) is 0 Å². The highest BCUT2D eigenvalue weighted by molar-refractivity contribution is 14.1. The van der Waals surface area contributed by atoms with Crippen molar-refractivity contribution < 1.29 is 28.7 Å². The number of carbonyl (C=O) groups is 4. The topological polar surface area (TPSA) is 105 Å². The second-order valence-electron chi connectivity index (χ2n) is 10.2. The lowest BCUT2D eigenvalue weighted by atomic mass is 10.0. The van der Waals surface area contributed by atoms with Crippen molar-refractivity contribution in [2.75, 3.05) is 28.3 Å². The normalized spacial score (nSPS) is 13.2. The third kappa shape index (κ3) is 6.91. The molecule has 1 saturated heterocycles. The van der Waals surface area contributed by atoms with E-state index in [1.54, 1.807) is 72.8 Å². The summed E-state index contributed by atoms with van der Waals surface area (Å²) in [5, 5.41) is 2.86. The molecule has 228 valence electrons. The number of hydrogen-bond acceptors (Lipinski definition) is 6. The Hall–Kier alpha value is -4.97. The minimum absolute atomic E-state index is 0.206. The molecule has 9 nitrogen and oxygen atoms in total. The average Bonchev–Trinajstić information content (AvgIpc) is 3.01. The third-order valence-electron chi connectivity index (χ3n) is 6.92. The number of barbiturate groups is 1. The summed E-state index contributed by atoms with van der Waals surface area (Å²) < 4.78 is 12.3. The summed E-state index contributed by atoms with van der Waals surface area (Å²) in [6.07, 6.45) is 1.43. The van der Waals surface area contributed by atoms with E-state index in [0.717, 1.165) is 20.9 Å². The van der Waals surface area contributed by atoms with Gasteiger partial charge in [-0.3, -0.25) is 14.4 Å². The molecular formula is C35H30IN3O6. The number of para-hydroxylation sites is 2. The maximum Gasteiger partial charge on any atom is 0.343 e. The van der Waals surface area contributed by atoms with Gasteiger partial charge in [0.25, 0.3) is 17.7 Å². The molecule has 0 unspecified atom stereocenters. The van der Waals surface area contributed by atoms with E-state index in [9.17, 15) is 19.2 Å². The van der Waals surface area contributed by atoms with E-state index in [1.807, 2.05) is 39.0 Å². The van der Waals surface area contributed by atoms with E-state index in [4.69, 9.17) is 9.47 Å². The van der Waals surface area contributed by atoms with Crippen LogP contribution in [0.4, 0.5) is 21.9 Å². The Morgan fingerprint density at radius 1 is 0.822 bits per heavy atom.